The van der Waals surface area contributed by atoms with Gasteiger partial charge in [0.15, 0.2) is 0 Å². The van der Waals surface area contributed by atoms with E-state index in [0.717, 1.165) is 69.2 Å². The molecule has 2 aromatic rings. The Morgan fingerprint density at radius 2 is 1.52 bits per heavy atom. The van der Waals surface area contributed by atoms with Crippen molar-refractivity contribution in [2.24, 2.45) is 4.74 Å². The van der Waals surface area contributed by atoms with Crippen LogP contribution in [0.3, 0.4) is 0 Å². The van der Waals surface area contributed by atoms with Crippen LogP contribution in [0.15, 0.2) is 75.6 Å². The summed E-state index contributed by atoms with van der Waals surface area (Å²) in [6.07, 6.45) is 6.05. The van der Waals surface area contributed by atoms with Gasteiger partial charge in [0.25, 0.3) is 0 Å². The molecule has 2 atom stereocenters. The van der Waals surface area contributed by atoms with Crippen LogP contribution in [-0.4, -0.2) is 67.8 Å². The third kappa shape index (κ3) is 5.01. The molecule has 2 aromatic carbocycles. The molecule has 0 spiro atoms. The summed E-state index contributed by atoms with van der Waals surface area (Å²) in [5.41, 5.74) is 2.94. The molecule has 0 bridgehead atoms. The number of allylic oxidation sites excluding steroid dienone is 2. The Morgan fingerprint density at radius 1 is 0.848 bits per heavy atom. The lowest BCUT2D eigenvalue weighted by Crippen LogP contribution is -2.45. The Balaban J connectivity index is 1.72. The number of hydrogen-bond acceptors (Lipinski definition) is 4. The van der Waals surface area contributed by atoms with E-state index in [2.05, 4.69) is 86.2 Å². The van der Waals surface area contributed by atoms with Gasteiger partial charge >= 0.3 is 0 Å². The first kappa shape index (κ1) is 23.3. The van der Waals surface area contributed by atoms with E-state index in [-0.39, 0.29) is 0 Å². The Kier molecular flexibility index (Phi) is 7.69. The fourth-order valence-corrected chi connectivity index (χ4v) is 10.1. The predicted octanol–water partition coefficient (Wildman–Crippen LogP) is 5.62. The van der Waals surface area contributed by atoms with Gasteiger partial charge in [-0.2, -0.15) is 0 Å². The van der Waals surface area contributed by atoms with E-state index >= 15 is 0 Å². The van der Waals surface area contributed by atoms with E-state index in [0.29, 0.717) is 5.66 Å². The van der Waals surface area contributed by atoms with E-state index in [1.807, 2.05) is 0 Å². The normalized spacial score (nSPS) is 24.1. The lowest BCUT2D eigenvalue weighted by Gasteiger charge is -2.48. The molecule has 2 saturated heterocycles. The molecule has 3 aliphatic rings. The summed E-state index contributed by atoms with van der Waals surface area (Å²) in [7, 11) is -2.15. The number of morpholine rings is 2. The highest BCUT2D eigenvalue weighted by Crippen LogP contribution is 2.63. The summed E-state index contributed by atoms with van der Waals surface area (Å²) >= 11 is 3.60. The molecular formula is C26H33BrN3O2P. The zero-order valence-corrected chi connectivity index (χ0v) is 21.6. The largest absolute Gasteiger partial charge is 0.379 e. The monoisotopic (exact) mass is 529 g/mol. The third-order valence-electron chi connectivity index (χ3n) is 6.84. The predicted molar refractivity (Wildman–Crippen MR) is 140 cm³/mol. The lowest BCUT2D eigenvalue weighted by atomic mass is 10.0. The second-order valence-electron chi connectivity index (χ2n) is 8.80. The highest BCUT2D eigenvalue weighted by molar-refractivity contribution is 9.10. The molecule has 33 heavy (non-hydrogen) atoms. The van der Waals surface area contributed by atoms with Crippen molar-refractivity contribution in [3.8, 4) is 0 Å². The van der Waals surface area contributed by atoms with Crippen molar-refractivity contribution in [3.05, 3.63) is 70.8 Å². The Bertz CT molecular complexity index is 1000. The van der Waals surface area contributed by atoms with Gasteiger partial charge < -0.3 is 14.4 Å². The topological polar surface area (TPSA) is 37.3 Å². The summed E-state index contributed by atoms with van der Waals surface area (Å²) in [6, 6.07) is 19.7. The van der Waals surface area contributed by atoms with Crippen molar-refractivity contribution in [2.75, 3.05) is 52.6 Å². The van der Waals surface area contributed by atoms with Crippen LogP contribution in [-0.2, 0) is 9.47 Å². The van der Waals surface area contributed by atoms with E-state index < -0.39 is 7.21 Å². The van der Waals surface area contributed by atoms with Crippen molar-refractivity contribution in [1.29, 1.82) is 0 Å². The molecule has 7 heteroatoms. The minimum atomic E-state index is -2.15. The summed E-state index contributed by atoms with van der Waals surface area (Å²) in [4.78, 5) is 2.59. The maximum atomic E-state index is 5.81. The number of hydrogen-bond donors (Lipinski definition) is 0. The summed E-state index contributed by atoms with van der Waals surface area (Å²) in [5, 5.41) is 1.38. The van der Waals surface area contributed by atoms with Crippen molar-refractivity contribution in [3.63, 3.8) is 0 Å². The van der Waals surface area contributed by atoms with Crippen molar-refractivity contribution < 1.29 is 9.47 Å². The first-order valence-electron chi connectivity index (χ1n) is 12.1. The highest BCUT2D eigenvalue weighted by atomic mass is 79.9. The standard InChI is InChI=1S/C26H33BrN3O2P/c27-22-10-12-23(13-11-22)28-33(24-6-2-1-3-7-24,30-16-20-32-21-17-30)26-9-5-4-8-25(26)29-14-18-31-19-15-29/h1-3,6-8,10-13,26H,4-5,9,14-21H2/t26-,33-/m0/s1. The fourth-order valence-electron chi connectivity index (χ4n) is 5.29. The average molecular weight is 530 g/mol. The van der Waals surface area contributed by atoms with E-state index in [4.69, 9.17) is 14.2 Å². The van der Waals surface area contributed by atoms with Gasteiger partial charge in [-0.05, 0) is 43.5 Å². The highest BCUT2D eigenvalue weighted by Gasteiger charge is 2.42. The molecule has 0 unspecified atom stereocenters. The van der Waals surface area contributed by atoms with Gasteiger partial charge in [-0.1, -0.05) is 52.3 Å². The molecule has 2 heterocycles. The Labute approximate surface area is 206 Å². The molecule has 5 rings (SSSR count). The van der Waals surface area contributed by atoms with Crippen molar-refractivity contribution in [1.82, 2.24) is 9.57 Å². The minimum absolute atomic E-state index is 0.383. The quantitative estimate of drug-likeness (QED) is 0.471. The van der Waals surface area contributed by atoms with Gasteiger partial charge in [-0.3, -0.25) is 4.67 Å². The Morgan fingerprint density at radius 3 is 2.21 bits per heavy atom. The van der Waals surface area contributed by atoms with Crippen LogP contribution in [0.4, 0.5) is 5.69 Å². The van der Waals surface area contributed by atoms with E-state index in [9.17, 15) is 0 Å². The van der Waals surface area contributed by atoms with Gasteiger partial charge in [0.1, 0.15) is 0 Å². The van der Waals surface area contributed by atoms with Crippen LogP contribution >= 0.6 is 23.1 Å². The SMILES string of the molecule is Brc1ccc(N=[P@](c2ccccc2)([C@H]2CCCC=C2N2CCOCC2)N2CCOCC2)cc1. The molecule has 2 fully saturated rings. The number of benzene rings is 2. The van der Waals surface area contributed by atoms with Crippen LogP contribution in [0.2, 0.25) is 0 Å². The van der Waals surface area contributed by atoms with E-state index in [1.54, 1.807) is 0 Å². The smallest absolute Gasteiger partial charge is 0.0756 e. The van der Waals surface area contributed by atoms with Gasteiger partial charge in [0, 0.05) is 41.7 Å². The first-order chi connectivity index (χ1) is 16.3. The third-order valence-corrected chi connectivity index (χ3v) is 11.6. The molecule has 0 N–H and O–H groups in total. The Hall–Kier alpha value is -1.43. The van der Waals surface area contributed by atoms with E-state index in [1.165, 1.54) is 23.8 Å². The first-order valence-corrected chi connectivity index (χ1v) is 14.6. The second-order valence-corrected chi connectivity index (χ2v) is 12.9. The molecule has 0 radical (unpaired) electrons. The summed E-state index contributed by atoms with van der Waals surface area (Å²) < 4.78 is 21.1. The van der Waals surface area contributed by atoms with Crippen LogP contribution in [0.5, 0.6) is 0 Å². The average Bonchev–Trinajstić information content (AvgIpc) is 2.90. The van der Waals surface area contributed by atoms with Crippen molar-refractivity contribution >= 4 is 34.1 Å². The lowest BCUT2D eigenvalue weighted by molar-refractivity contribution is 0.0510. The van der Waals surface area contributed by atoms with Gasteiger partial charge in [0.2, 0.25) is 0 Å². The van der Waals surface area contributed by atoms with Crippen LogP contribution in [0, 0.1) is 0 Å². The summed E-state index contributed by atoms with van der Waals surface area (Å²) in [5.74, 6) is 0. The molecule has 2 aliphatic heterocycles. The molecule has 0 saturated carbocycles. The van der Waals surface area contributed by atoms with Gasteiger partial charge in [-0.15, -0.1) is 0 Å². The zero-order valence-electron chi connectivity index (χ0n) is 19.1. The minimum Gasteiger partial charge on any atom is -0.379 e. The molecule has 1 aliphatic carbocycles. The number of rotatable bonds is 5. The summed E-state index contributed by atoms with van der Waals surface area (Å²) in [6.45, 7) is 6.95. The maximum absolute atomic E-state index is 5.81. The molecular weight excluding hydrogens is 497 g/mol. The number of nitrogens with zero attached hydrogens (tertiary/aromatic N) is 3. The van der Waals surface area contributed by atoms with Crippen LogP contribution in [0.1, 0.15) is 19.3 Å². The van der Waals surface area contributed by atoms with Crippen LogP contribution in [0.25, 0.3) is 0 Å². The van der Waals surface area contributed by atoms with Crippen molar-refractivity contribution in [2.45, 2.75) is 24.9 Å². The molecule has 0 amide bonds. The number of halogens is 1. The second kappa shape index (κ2) is 10.9. The van der Waals surface area contributed by atoms with Gasteiger partial charge in [0.05, 0.1) is 45.0 Å². The number of ether oxygens (including phenoxy) is 2. The van der Waals surface area contributed by atoms with Crippen LogP contribution < -0.4 is 5.30 Å². The fraction of sp³-hybridized carbons (Fsp3) is 0.462. The van der Waals surface area contributed by atoms with Gasteiger partial charge in [-0.25, -0.2) is 4.74 Å². The molecule has 0 aromatic heterocycles. The zero-order chi connectivity index (χ0) is 22.5. The maximum Gasteiger partial charge on any atom is 0.0756 e. The molecule has 176 valence electrons. The molecule has 5 nitrogen and oxygen atoms in total.